The van der Waals surface area contributed by atoms with Gasteiger partial charge in [0.2, 0.25) is 5.91 Å². The van der Waals surface area contributed by atoms with E-state index in [0.717, 1.165) is 17.0 Å². The number of amides is 1. The molecule has 1 N–H and O–H groups in total. The maximum Gasteiger partial charge on any atom is 0.225 e. The highest BCUT2D eigenvalue weighted by molar-refractivity contribution is 5.81. The summed E-state index contributed by atoms with van der Waals surface area (Å²) in [5.74, 6) is 0.0219. The minimum Gasteiger partial charge on any atom is -0.350 e. The van der Waals surface area contributed by atoms with Gasteiger partial charge in [0.25, 0.3) is 0 Å². The number of carbonyl (C=O) groups excluding carboxylic acids is 1. The first kappa shape index (κ1) is 14.2. The summed E-state index contributed by atoms with van der Waals surface area (Å²) in [7, 11) is 1.89. The number of rotatable bonds is 3. The summed E-state index contributed by atoms with van der Waals surface area (Å²) in [6, 6.07) is 5.86. The number of nitrogens with one attached hydrogen (secondary N) is 1. The molecule has 1 amide bonds. The minimum absolute atomic E-state index is 0.0219. The van der Waals surface area contributed by atoms with Crippen molar-refractivity contribution in [2.24, 2.45) is 12.5 Å². The van der Waals surface area contributed by atoms with E-state index < -0.39 is 0 Å². The third-order valence-corrected chi connectivity index (χ3v) is 3.02. The molecule has 0 aliphatic heterocycles. The molecule has 0 spiro atoms. The molecule has 2 aromatic rings. The standard InChI is InChI=1S/C15H20N4O/c1-15(2,3)14(20)17-10-12-9-13(19(4)18-12)11-5-7-16-8-6-11/h5-9H,10H2,1-4H3,(H,17,20). The molecule has 20 heavy (non-hydrogen) atoms. The van der Waals surface area contributed by atoms with Crippen LogP contribution in [0.3, 0.4) is 0 Å². The van der Waals surface area contributed by atoms with E-state index in [-0.39, 0.29) is 11.3 Å². The molecule has 0 aromatic carbocycles. The van der Waals surface area contributed by atoms with Gasteiger partial charge in [-0.3, -0.25) is 14.5 Å². The Bertz CT molecular complexity index is 596. The number of carbonyl (C=O) groups is 1. The predicted molar refractivity (Wildman–Crippen MR) is 77.7 cm³/mol. The molecule has 2 rings (SSSR count). The Kier molecular flexibility index (Phi) is 3.88. The van der Waals surface area contributed by atoms with Crippen LogP contribution in [0.1, 0.15) is 26.5 Å². The van der Waals surface area contributed by atoms with Gasteiger partial charge in [0.15, 0.2) is 0 Å². The molecule has 0 unspecified atom stereocenters. The predicted octanol–water partition coefficient (Wildman–Crippen LogP) is 2.14. The Labute approximate surface area is 119 Å². The highest BCUT2D eigenvalue weighted by atomic mass is 16.2. The fourth-order valence-electron chi connectivity index (χ4n) is 1.84. The number of nitrogens with zero attached hydrogens (tertiary/aromatic N) is 3. The van der Waals surface area contributed by atoms with Gasteiger partial charge in [-0.1, -0.05) is 20.8 Å². The Morgan fingerprint density at radius 2 is 1.95 bits per heavy atom. The number of hydrogen-bond donors (Lipinski definition) is 1. The molecule has 0 fully saturated rings. The molecule has 5 heteroatoms. The molecule has 0 radical (unpaired) electrons. The van der Waals surface area contributed by atoms with Crippen LogP contribution in [0.4, 0.5) is 0 Å². The van der Waals surface area contributed by atoms with Gasteiger partial charge in [-0.15, -0.1) is 0 Å². The number of aryl methyl sites for hydroxylation is 1. The monoisotopic (exact) mass is 272 g/mol. The zero-order valence-electron chi connectivity index (χ0n) is 12.3. The average Bonchev–Trinajstić information content (AvgIpc) is 2.77. The van der Waals surface area contributed by atoms with Gasteiger partial charge < -0.3 is 5.32 Å². The van der Waals surface area contributed by atoms with E-state index in [1.54, 1.807) is 12.4 Å². The SMILES string of the molecule is Cn1nc(CNC(=O)C(C)(C)C)cc1-c1ccncc1. The summed E-state index contributed by atoms with van der Waals surface area (Å²) < 4.78 is 1.81. The van der Waals surface area contributed by atoms with Crippen LogP contribution in [0.5, 0.6) is 0 Å². The van der Waals surface area contributed by atoms with Gasteiger partial charge in [0, 0.05) is 30.4 Å². The maximum absolute atomic E-state index is 11.8. The Balaban J connectivity index is 2.11. The Morgan fingerprint density at radius 1 is 1.30 bits per heavy atom. The van der Waals surface area contributed by atoms with Crippen molar-refractivity contribution in [2.75, 3.05) is 0 Å². The molecule has 0 saturated heterocycles. The van der Waals surface area contributed by atoms with Crippen LogP contribution in [0, 0.1) is 5.41 Å². The van der Waals surface area contributed by atoms with Crippen LogP contribution in [-0.2, 0) is 18.4 Å². The lowest BCUT2D eigenvalue weighted by molar-refractivity contribution is -0.128. The van der Waals surface area contributed by atoms with Crippen LogP contribution >= 0.6 is 0 Å². The summed E-state index contributed by atoms with van der Waals surface area (Å²) in [5, 5.41) is 7.33. The van der Waals surface area contributed by atoms with E-state index in [0.29, 0.717) is 6.54 Å². The van der Waals surface area contributed by atoms with Crippen LogP contribution in [0.15, 0.2) is 30.6 Å². The molecule has 0 saturated carbocycles. The quantitative estimate of drug-likeness (QED) is 0.931. The highest BCUT2D eigenvalue weighted by Crippen LogP contribution is 2.19. The lowest BCUT2D eigenvalue weighted by Crippen LogP contribution is -2.34. The first-order valence-corrected chi connectivity index (χ1v) is 6.59. The summed E-state index contributed by atoms with van der Waals surface area (Å²) in [6.07, 6.45) is 3.51. The lowest BCUT2D eigenvalue weighted by atomic mass is 9.96. The van der Waals surface area contributed by atoms with Crippen molar-refractivity contribution >= 4 is 5.91 Å². The second-order valence-corrected chi connectivity index (χ2v) is 5.81. The third-order valence-electron chi connectivity index (χ3n) is 3.02. The van der Waals surface area contributed by atoms with Gasteiger partial charge in [-0.25, -0.2) is 0 Å². The molecule has 0 bridgehead atoms. The van der Waals surface area contributed by atoms with Crippen molar-refractivity contribution in [1.82, 2.24) is 20.1 Å². The van der Waals surface area contributed by atoms with Gasteiger partial charge in [-0.2, -0.15) is 5.10 Å². The second kappa shape index (κ2) is 5.45. The number of aromatic nitrogens is 3. The second-order valence-electron chi connectivity index (χ2n) is 5.81. The maximum atomic E-state index is 11.8. The molecule has 106 valence electrons. The molecule has 0 aliphatic rings. The first-order chi connectivity index (χ1) is 9.38. The van der Waals surface area contributed by atoms with Gasteiger partial charge in [0.1, 0.15) is 0 Å². The van der Waals surface area contributed by atoms with Crippen LogP contribution in [0.2, 0.25) is 0 Å². The summed E-state index contributed by atoms with van der Waals surface area (Å²) in [5.41, 5.74) is 2.52. The van der Waals surface area contributed by atoms with E-state index in [9.17, 15) is 4.79 Å². The summed E-state index contributed by atoms with van der Waals surface area (Å²) in [6.45, 7) is 6.12. The van der Waals surface area contributed by atoms with E-state index in [1.165, 1.54) is 0 Å². The number of hydrogen-bond acceptors (Lipinski definition) is 3. The van der Waals surface area contributed by atoms with Crippen molar-refractivity contribution in [3.63, 3.8) is 0 Å². The Hall–Kier alpha value is -2.17. The van der Waals surface area contributed by atoms with E-state index in [4.69, 9.17) is 0 Å². The molecule has 2 heterocycles. The van der Waals surface area contributed by atoms with Gasteiger partial charge >= 0.3 is 0 Å². The van der Waals surface area contributed by atoms with Crippen LogP contribution in [-0.4, -0.2) is 20.7 Å². The van der Waals surface area contributed by atoms with Crippen molar-refractivity contribution in [3.05, 3.63) is 36.3 Å². The van der Waals surface area contributed by atoms with Crippen LogP contribution < -0.4 is 5.32 Å². The first-order valence-electron chi connectivity index (χ1n) is 6.59. The van der Waals surface area contributed by atoms with Gasteiger partial charge in [0.05, 0.1) is 17.9 Å². The smallest absolute Gasteiger partial charge is 0.225 e. The molecular weight excluding hydrogens is 252 g/mol. The largest absolute Gasteiger partial charge is 0.350 e. The lowest BCUT2D eigenvalue weighted by Gasteiger charge is -2.16. The Morgan fingerprint density at radius 3 is 2.55 bits per heavy atom. The fourth-order valence-corrected chi connectivity index (χ4v) is 1.84. The average molecular weight is 272 g/mol. The topological polar surface area (TPSA) is 59.8 Å². The van der Waals surface area contributed by atoms with Crippen molar-refractivity contribution < 1.29 is 4.79 Å². The molecule has 0 atom stereocenters. The fraction of sp³-hybridized carbons (Fsp3) is 0.400. The van der Waals surface area contributed by atoms with Crippen molar-refractivity contribution in [3.8, 4) is 11.3 Å². The summed E-state index contributed by atoms with van der Waals surface area (Å²) >= 11 is 0. The highest BCUT2D eigenvalue weighted by Gasteiger charge is 2.21. The van der Waals surface area contributed by atoms with Gasteiger partial charge in [-0.05, 0) is 18.2 Å². The van der Waals surface area contributed by atoms with Crippen LogP contribution in [0.25, 0.3) is 11.3 Å². The number of pyridine rings is 1. The normalized spacial score (nSPS) is 11.4. The van der Waals surface area contributed by atoms with E-state index in [1.807, 2.05) is 50.7 Å². The molecule has 0 aliphatic carbocycles. The zero-order valence-corrected chi connectivity index (χ0v) is 12.3. The van der Waals surface area contributed by atoms with Crippen molar-refractivity contribution in [1.29, 1.82) is 0 Å². The third kappa shape index (κ3) is 3.23. The summed E-state index contributed by atoms with van der Waals surface area (Å²) in [4.78, 5) is 15.9. The zero-order chi connectivity index (χ0) is 14.8. The molecular formula is C15H20N4O. The van der Waals surface area contributed by atoms with Crippen molar-refractivity contribution in [2.45, 2.75) is 27.3 Å². The van der Waals surface area contributed by atoms with E-state index in [2.05, 4.69) is 15.4 Å². The molecule has 5 nitrogen and oxygen atoms in total. The molecule has 2 aromatic heterocycles. The minimum atomic E-state index is -0.386. The van der Waals surface area contributed by atoms with E-state index >= 15 is 0 Å².